The van der Waals surface area contributed by atoms with Crippen LogP contribution in [0.15, 0.2) is 42.5 Å². The normalized spacial score (nSPS) is 10.1. The van der Waals surface area contributed by atoms with E-state index < -0.39 is 0 Å². The average molecular weight is 298 g/mol. The average Bonchev–Trinajstić information content (AvgIpc) is 2.51. The molecule has 0 aliphatic rings. The second-order valence-corrected chi connectivity index (χ2v) is 5.22. The largest absolute Gasteiger partial charge is 0.495 e. The zero-order valence-electron chi connectivity index (χ0n) is 13.3. The van der Waals surface area contributed by atoms with Crippen LogP contribution < -0.4 is 15.4 Å². The van der Waals surface area contributed by atoms with Crippen molar-refractivity contribution in [2.75, 3.05) is 24.3 Å². The van der Waals surface area contributed by atoms with Crippen LogP contribution in [-0.2, 0) is 4.79 Å². The fourth-order valence-corrected chi connectivity index (χ4v) is 2.14. The lowest BCUT2D eigenvalue weighted by Crippen LogP contribution is -2.16. The van der Waals surface area contributed by atoms with E-state index in [-0.39, 0.29) is 5.91 Å². The molecule has 2 aromatic rings. The lowest BCUT2D eigenvalue weighted by molar-refractivity contribution is -0.115. The van der Waals surface area contributed by atoms with Gasteiger partial charge in [0, 0.05) is 18.7 Å². The number of methoxy groups -OCH3 is 1. The smallest absolute Gasteiger partial charge is 0.226 e. The van der Waals surface area contributed by atoms with Gasteiger partial charge in [-0.1, -0.05) is 18.2 Å². The number of carbonyl (C=O) groups excluding carboxylic acids is 1. The van der Waals surface area contributed by atoms with Gasteiger partial charge in [-0.05, 0) is 49.2 Å². The summed E-state index contributed by atoms with van der Waals surface area (Å²) in [6.07, 6.45) is 0.394. The van der Waals surface area contributed by atoms with Crippen molar-refractivity contribution in [3.8, 4) is 5.75 Å². The Hall–Kier alpha value is -2.49. The molecule has 116 valence electrons. The third kappa shape index (κ3) is 4.25. The van der Waals surface area contributed by atoms with Crippen LogP contribution in [0, 0.1) is 13.8 Å². The monoisotopic (exact) mass is 298 g/mol. The molecule has 0 spiro atoms. The van der Waals surface area contributed by atoms with Crippen molar-refractivity contribution < 1.29 is 9.53 Å². The number of amides is 1. The van der Waals surface area contributed by atoms with Gasteiger partial charge in [0.15, 0.2) is 0 Å². The van der Waals surface area contributed by atoms with Crippen LogP contribution in [0.25, 0.3) is 0 Å². The maximum Gasteiger partial charge on any atom is 0.226 e. The van der Waals surface area contributed by atoms with Crippen molar-refractivity contribution in [3.05, 3.63) is 53.6 Å². The van der Waals surface area contributed by atoms with Crippen LogP contribution in [0.1, 0.15) is 17.5 Å². The minimum absolute atomic E-state index is 0.00866. The standard InChI is InChI=1S/C18H22N2O2/c1-13-8-9-15(12-14(13)2)20-18(21)10-11-19-16-6-4-5-7-17(16)22-3/h4-9,12,19H,10-11H2,1-3H3,(H,20,21). The van der Waals surface area contributed by atoms with Crippen LogP contribution in [0.5, 0.6) is 5.75 Å². The fourth-order valence-electron chi connectivity index (χ4n) is 2.14. The SMILES string of the molecule is COc1ccccc1NCCC(=O)Nc1ccc(C)c(C)c1. The highest BCUT2D eigenvalue weighted by atomic mass is 16.5. The van der Waals surface area contributed by atoms with E-state index in [1.54, 1.807) is 7.11 Å². The molecule has 0 atom stereocenters. The van der Waals surface area contributed by atoms with Crippen LogP contribution in [0.3, 0.4) is 0 Å². The topological polar surface area (TPSA) is 50.4 Å². The summed E-state index contributed by atoms with van der Waals surface area (Å²) >= 11 is 0. The lowest BCUT2D eigenvalue weighted by Gasteiger charge is -2.11. The van der Waals surface area contributed by atoms with Crippen molar-refractivity contribution in [3.63, 3.8) is 0 Å². The summed E-state index contributed by atoms with van der Waals surface area (Å²) < 4.78 is 5.26. The molecule has 0 heterocycles. The van der Waals surface area contributed by atoms with E-state index in [0.717, 1.165) is 17.1 Å². The molecule has 2 N–H and O–H groups in total. The predicted molar refractivity (Wildman–Crippen MR) is 90.6 cm³/mol. The second-order valence-electron chi connectivity index (χ2n) is 5.22. The highest BCUT2D eigenvalue weighted by molar-refractivity contribution is 5.91. The summed E-state index contributed by atoms with van der Waals surface area (Å²) in [6, 6.07) is 13.6. The van der Waals surface area contributed by atoms with E-state index >= 15 is 0 Å². The van der Waals surface area contributed by atoms with Gasteiger partial charge >= 0.3 is 0 Å². The molecule has 0 unspecified atom stereocenters. The number of hydrogen-bond donors (Lipinski definition) is 2. The Kier molecular flexibility index (Phi) is 5.42. The van der Waals surface area contributed by atoms with E-state index in [2.05, 4.69) is 17.6 Å². The molecular formula is C18H22N2O2. The summed E-state index contributed by atoms with van der Waals surface area (Å²) in [6.45, 7) is 4.64. The van der Waals surface area contributed by atoms with Crippen molar-refractivity contribution >= 4 is 17.3 Å². The lowest BCUT2D eigenvalue weighted by atomic mass is 10.1. The van der Waals surface area contributed by atoms with Gasteiger partial charge in [-0.15, -0.1) is 0 Å². The molecule has 22 heavy (non-hydrogen) atoms. The van der Waals surface area contributed by atoms with E-state index in [9.17, 15) is 4.79 Å². The molecule has 1 amide bonds. The van der Waals surface area contributed by atoms with Crippen molar-refractivity contribution in [1.29, 1.82) is 0 Å². The molecule has 0 saturated heterocycles. The maximum atomic E-state index is 12.0. The first-order valence-corrected chi connectivity index (χ1v) is 7.34. The number of para-hydroxylation sites is 2. The number of aryl methyl sites for hydroxylation is 2. The molecule has 0 aromatic heterocycles. The minimum Gasteiger partial charge on any atom is -0.495 e. The molecule has 4 nitrogen and oxygen atoms in total. The summed E-state index contributed by atoms with van der Waals surface area (Å²) in [5.41, 5.74) is 4.12. The maximum absolute atomic E-state index is 12.0. The van der Waals surface area contributed by atoms with Gasteiger partial charge in [0.05, 0.1) is 12.8 Å². The number of carbonyl (C=O) groups is 1. The molecular weight excluding hydrogens is 276 g/mol. The number of nitrogens with one attached hydrogen (secondary N) is 2. The van der Waals surface area contributed by atoms with Crippen molar-refractivity contribution in [2.45, 2.75) is 20.3 Å². The highest BCUT2D eigenvalue weighted by Gasteiger charge is 2.05. The third-order valence-corrected chi connectivity index (χ3v) is 3.57. The van der Waals surface area contributed by atoms with Crippen LogP contribution in [0.2, 0.25) is 0 Å². The van der Waals surface area contributed by atoms with E-state index in [1.807, 2.05) is 49.4 Å². The molecule has 2 rings (SSSR count). The molecule has 0 radical (unpaired) electrons. The first-order valence-electron chi connectivity index (χ1n) is 7.34. The van der Waals surface area contributed by atoms with Crippen LogP contribution >= 0.6 is 0 Å². The Morgan fingerprint density at radius 1 is 1.09 bits per heavy atom. The van der Waals surface area contributed by atoms with Gasteiger partial charge in [-0.2, -0.15) is 0 Å². The van der Waals surface area contributed by atoms with Gasteiger partial charge in [0.1, 0.15) is 5.75 Å². The van der Waals surface area contributed by atoms with E-state index in [4.69, 9.17) is 4.74 Å². The second kappa shape index (κ2) is 7.50. The van der Waals surface area contributed by atoms with Gasteiger partial charge in [0.2, 0.25) is 5.91 Å². The summed E-state index contributed by atoms with van der Waals surface area (Å²) in [5.74, 6) is 0.766. The molecule has 0 aliphatic heterocycles. The van der Waals surface area contributed by atoms with Crippen molar-refractivity contribution in [1.82, 2.24) is 0 Å². The zero-order chi connectivity index (χ0) is 15.9. The molecule has 0 aliphatic carbocycles. The molecule has 0 saturated carbocycles. The summed E-state index contributed by atoms with van der Waals surface area (Å²) in [7, 11) is 1.63. The molecule has 4 heteroatoms. The Morgan fingerprint density at radius 2 is 1.86 bits per heavy atom. The third-order valence-electron chi connectivity index (χ3n) is 3.57. The predicted octanol–water partition coefficient (Wildman–Crippen LogP) is 3.75. The van der Waals surface area contributed by atoms with Crippen LogP contribution in [-0.4, -0.2) is 19.6 Å². The van der Waals surface area contributed by atoms with Gasteiger partial charge in [-0.25, -0.2) is 0 Å². The summed E-state index contributed by atoms with van der Waals surface area (Å²) in [4.78, 5) is 12.0. The Labute approximate surface area is 131 Å². The van der Waals surface area contributed by atoms with E-state index in [0.29, 0.717) is 13.0 Å². The quantitative estimate of drug-likeness (QED) is 0.854. The number of anilines is 2. The minimum atomic E-state index is -0.00866. The number of rotatable bonds is 6. The Morgan fingerprint density at radius 3 is 2.59 bits per heavy atom. The number of benzene rings is 2. The Bertz CT molecular complexity index is 653. The van der Waals surface area contributed by atoms with Crippen molar-refractivity contribution in [2.24, 2.45) is 0 Å². The Balaban J connectivity index is 1.84. The first kappa shape index (κ1) is 15.9. The van der Waals surface area contributed by atoms with Gasteiger partial charge < -0.3 is 15.4 Å². The first-order chi connectivity index (χ1) is 10.6. The molecule has 0 bridgehead atoms. The zero-order valence-corrected chi connectivity index (χ0v) is 13.3. The highest BCUT2D eigenvalue weighted by Crippen LogP contribution is 2.22. The molecule has 0 fully saturated rings. The number of ether oxygens (including phenoxy) is 1. The van der Waals surface area contributed by atoms with Gasteiger partial charge in [-0.3, -0.25) is 4.79 Å². The summed E-state index contributed by atoms with van der Waals surface area (Å²) in [5, 5.41) is 6.13. The fraction of sp³-hybridized carbons (Fsp3) is 0.278. The molecule has 2 aromatic carbocycles. The van der Waals surface area contributed by atoms with E-state index in [1.165, 1.54) is 11.1 Å². The van der Waals surface area contributed by atoms with Gasteiger partial charge in [0.25, 0.3) is 0 Å². The number of hydrogen-bond acceptors (Lipinski definition) is 3. The van der Waals surface area contributed by atoms with Crippen LogP contribution in [0.4, 0.5) is 11.4 Å².